The van der Waals surface area contributed by atoms with E-state index in [1.165, 1.54) is 0 Å². The summed E-state index contributed by atoms with van der Waals surface area (Å²) in [4.78, 5) is 12.6. The highest BCUT2D eigenvalue weighted by atomic mass is 19.1. The lowest BCUT2D eigenvalue weighted by atomic mass is 9.83. The Labute approximate surface area is 266 Å². The summed E-state index contributed by atoms with van der Waals surface area (Å²) in [6, 6.07) is -3.21. The number of carbonyl (C=O) groups is 1. The van der Waals surface area contributed by atoms with Crippen LogP contribution in [0.2, 0.25) is 0 Å². The van der Waals surface area contributed by atoms with Gasteiger partial charge < -0.3 is 88.6 Å². The molecule has 1 amide bonds. The highest BCUT2D eigenvalue weighted by Crippen LogP contribution is 2.34. The molecule has 0 spiro atoms. The number of halogens is 1. The molecule has 0 aromatic rings. The highest BCUT2D eigenvalue weighted by Gasteiger charge is 2.53. The number of rotatable bonds is 13. The second kappa shape index (κ2) is 16.9. The van der Waals surface area contributed by atoms with E-state index in [0.717, 1.165) is 0 Å². The number of hydrogen-bond donors (Lipinski definition) is 11. The number of nitrogens with one attached hydrogen (secondary N) is 1. The van der Waals surface area contributed by atoms with E-state index in [0.29, 0.717) is 25.7 Å². The van der Waals surface area contributed by atoms with Gasteiger partial charge in [-0.3, -0.25) is 4.79 Å². The van der Waals surface area contributed by atoms with Gasteiger partial charge in [0.25, 0.3) is 5.91 Å². The summed E-state index contributed by atoms with van der Waals surface area (Å²) >= 11 is 0. The number of aliphatic hydroxyl groups excluding tert-OH is 4. The minimum Gasteiger partial charge on any atom is -0.394 e. The van der Waals surface area contributed by atoms with Crippen LogP contribution in [0.25, 0.3) is 0 Å². The number of amides is 1. The highest BCUT2D eigenvalue weighted by molar-refractivity contribution is 5.81. The molecule has 17 atom stereocenters. The van der Waals surface area contributed by atoms with Crippen LogP contribution in [0.5, 0.6) is 0 Å². The van der Waals surface area contributed by atoms with Crippen molar-refractivity contribution in [1.82, 2.24) is 5.32 Å². The van der Waals surface area contributed by atoms with Gasteiger partial charge in [0.2, 0.25) is 0 Å². The van der Waals surface area contributed by atoms with E-state index in [9.17, 15) is 29.6 Å². The van der Waals surface area contributed by atoms with Crippen LogP contribution < -0.4 is 39.7 Å². The maximum Gasteiger partial charge on any atom is 0.252 e. The van der Waals surface area contributed by atoms with Gasteiger partial charge in [0, 0.05) is 25.7 Å². The second-order valence-corrected chi connectivity index (χ2v) is 12.4. The topological polar surface area (TPSA) is 322 Å². The Morgan fingerprint density at radius 1 is 0.804 bits per heavy atom. The third kappa shape index (κ3) is 8.67. The summed E-state index contributed by atoms with van der Waals surface area (Å²) in [5, 5.41) is 45.3. The Bertz CT molecular complexity index is 968. The maximum atomic E-state index is 14.0. The predicted octanol–water partition coefficient (Wildman–Crippen LogP) is -5.96. The Morgan fingerprint density at radius 3 is 1.87 bits per heavy atom. The molecule has 4 aliphatic rings. The number of carbonyl (C=O) groups excluding carboxylic acids is 1. The van der Waals surface area contributed by atoms with Crippen molar-refractivity contribution in [2.75, 3.05) is 26.2 Å². The fourth-order valence-electron chi connectivity index (χ4n) is 6.23. The van der Waals surface area contributed by atoms with Gasteiger partial charge in [-0.1, -0.05) is 0 Å². The fraction of sp³-hybridized carbons (Fsp3) is 0.963. The van der Waals surface area contributed by atoms with Gasteiger partial charge in [0.05, 0.1) is 36.9 Å². The molecular weight excluding hydrogens is 617 g/mol. The smallest absolute Gasteiger partial charge is 0.252 e. The largest absolute Gasteiger partial charge is 0.394 e. The molecule has 17 N–H and O–H groups in total. The molecule has 4 rings (SSSR count). The first kappa shape index (κ1) is 37.6. The number of nitrogens with two attached hydrogens (primary N) is 6. The van der Waals surface area contributed by atoms with Crippen molar-refractivity contribution in [3.63, 3.8) is 0 Å². The maximum absolute atomic E-state index is 14.0. The fourth-order valence-corrected chi connectivity index (χ4v) is 6.23. The molecular formula is C27H52FN7O11. The van der Waals surface area contributed by atoms with E-state index in [-0.39, 0.29) is 31.7 Å². The average Bonchev–Trinajstić information content (AvgIpc) is 3.35. The van der Waals surface area contributed by atoms with Gasteiger partial charge in [0.1, 0.15) is 42.8 Å². The lowest BCUT2D eigenvalue weighted by Crippen LogP contribution is -2.67. The monoisotopic (exact) mass is 669 g/mol. The normalized spacial score (nSPS) is 44.9. The molecule has 0 radical (unpaired) electrons. The van der Waals surface area contributed by atoms with Crippen LogP contribution in [0.15, 0.2) is 0 Å². The van der Waals surface area contributed by atoms with E-state index in [4.69, 9.17) is 62.8 Å². The summed E-state index contributed by atoms with van der Waals surface area (Å²) in [5.74, 6) is -1.12. The van der Waals surface area contributed by atoms with E-state index in [1.807, 2.05) is 0 Å². The summed E-state index contributed by atoms with van der Waals surface area (Å²) in [7, 11) is 0. The van der Waals surface area contributed by atoms with E-state index < -0.39 is 111 Å². The molecule has 46 heavy (non-hydrogen) atoms. The van der Waals surface area contributed by atoms with Gasteiger partial charge in [-0.25, -0.2) is 4.39 Å². The Kier molecular flexibility index (Phi) is 13.8. The molecule has 268 valence electrons. The molecule has 0 aromatic carbocycles. The van der Waals surface area contributed by atoms with Crippen LogP contribution in [0, 0.1) is 0 Å². The molecule has 3 aliphatic heterocycles. The third-order valence-corrected chi connectivity index (χ3v) is 9.05. The predicted molar refractivity (Wildman–Crippen MR) is 157 cm³/mol. The first-order valence-electron chi connectivity index (χ1n) is 15.8. The van der Waals surface area contributed by atoms with Gasteiger partial charge in [-0.2, -0.15) is 0 Å². The number of ether oxygens (including phenoxy) is 6. The minimum absolute atomic E-state index is 0.0930. The van der Waals surface area contributed by atoms with Crippen molar-refractivity contribution in [1.29, 1.82) is 0 Å². The molecule has 0 bridgehead atoms. The van der Waals surface area contributed by atoms with Crippen LogP contribution in [0.4, 0.5) is 4.39 Å². The Hall–Kier alpha value is -1.24. The van der Waals surface area contributed by atoms with E-state index in [2.05, 4.69) is 5.32 Å². The standard InChI is InChI=1S/C27H52FN7O11/c28-12(8-31)18(37)24(40)35-16-5-15(34)21(44-25-13(32)3-1-10(6-29)41-25)23(19(16)38)46-27-20(39)22(17(9-36)43-27)45-26-14(33)4-2-11(7-30)42-26/h10-23,25-27,36-39H,1-9,29-34H2,(H,35,40)/t10-,11+,12-,13+,14+,15-,16+,17+,18+,19-,20+,21+,22+,23+,25+,26+,27-/m0/s1. The van der Waals surface area contributed by atoms with Crippen LogP contribution in [0.1, 0.15) is 32.1 Å². The number of aliphatic hydroxyl groups is 4. The summed E-state index contributed by atoms with van der Waals surface area (Å²) < 4.78 is 49.8. The molecule has 1 saturated carbocycles. The van der Waals surface area contributed by atoms with Crippen molar-refractivity contribution in [3.8, 4) is 0 Å². The number of hydrogen-bond acceptors (Lipinski definition) is 17. The van der Waals surface area contributed by atoms with Crippen LogP contribution in [-0.4, -0.2) is 157 Å². The molecule has 4 fully saturated rings. The zero-order chi connectivity index (χ0) is 33.7. The van der Waals surface area contributed by atoms with Crippen molar-refractivity contribution < 1.29 is 58.0 Å². The molecule has 0 aromatic heterocycles. The zero-order valence-electron chi connectivity index (χ0n) is 25.7. The minimum atomic E-state index is -2.10. The molecule has 18 nitrogen and oxygen atoms in total. The average molecular weight is 670 g/mol. The summed E-state index contributed by atoms with van der Waals surface area (Å²) in [6.45, 7) is -0.735. The molecule has 1 aliphatic carbocycles. The molecule has 0 unspecified atom stereocenters. The zero-order valence-corrected chi connectivity index (χ0v) is 25.7. The van der Waals surface area contributed by atoms with Crippen molar-refractivity contribution in [2.45, 2.75) is 136 Å². The van der Waals surface area contributed by atoms with Crippen molar-refractivity contribution in [2.24, 2.45) is 34.4 Å². The lowest BCUT2D eigenvalue weighted by molar-refractivity contribution is -0.288. The molecule has 3 saturated heterocycles. The van der Waals surface area contributed by atoms with E-state index in [1.54, 1.807) is 0 Å². The van der Waals surface area contributed by atoms with Gasteiger partial charge >= 0.3 is 0 Å². The quantitative estimate of drug-likeness (QED) is 0.0869. The lowest BCUT2D eigenvalue weighted by Gasteiger charge is -2.46. The van der Waals surface area contributed by atoms with E-state index >= 15 is 0 Å². The summed E-state index contributed by atoms with van der Waals surface area (Å²) in [6.07, 6.45) is -13.9. The van der Waals surface area contributed by atoms with Crippen molar-refractivity contribution >= 4 is 5.91 Å². The van der Waals surface area contributed by atoms with Crippen LogP contribution in [-0.2, 0) is 33.2 Å². The van der Waals surface area contributed by atoms with Gasteiger partial charge in [0.15, 0.2) is 25.0 Å². The van der Waals surface area contributed by atoms with Gasteiger partial charge in [-0.05, 0) is 32.1 Å². The third-order valence-electron chi connectivity index (χ3n) is 9.05. The molecule has 3 heterocycles. The number of alkyl halides is 1. The van der Waals surface area contributed by atoms with Crippen LogP contribution >= 0.6 is 0 Å². The van der Waals surface area contributed by atoms with Crippen LogP contribution in [0.3, 0.4) is 0 Å². The Morgan fingerprint density at radius 2 is 1.35 bits per heavy atom. The Balaban J connectivity index is 1.54. The SMILES string of the molecule is NC[C@@H]1CC[C@@H](N)[C@@H](O[C@H]2[C@H](O[C@@H]3O[C@H](CO)[C@@H](O[C@H]4O[C@@H](CN)CC[C@H]4N)[C@H]3O)[C@@H](O)[C@H](NC(=O)[C@H](O)[C@@H](F)CN)C[C@@H]2N)O1. The van der Waals surface area contributed by atoms with Gasteiger partial charge in [-0.15, -0.1) is 0 Å². The first-order chi connectivity index (χ1) is 21.9. The molecule has 19 heteroatoms. The van der Waals surface area contributed by atoms with Crippen molar-refractivity contribution in [3.05, 3.63) is 0 Å². The summed E-state index contributed by atoms with van der Waals surface area (Å²) in [5.41, 5.74) is 35.7. The second-order valence-electron chi connectivity index (χ2n) is 12.4. The first-order valence-corrected chi connectivity index (χ1v) is 15.8.